The first-order valence-electron chi connectivity index (χ1n) is 10.9. The van der Waals surface area contributed by atoms with Gasteiger partial charge in [-0.3, -0.25) is 0 Å². The molecule has 6 atom stereocenters. The molecule has 2 aliphatic carbocycles. The van der Waals surface area contributed by atoms with Crippen LogP contribution in [0.3, 0.4) is 0 Å². The van der Waals surface area contributed by atoms with Crippen LogP contribution < -0.4 is 0 Å². The molecule has 0 unspecified atom stereocenters. The van der Waals surface area contributed by atoms with E-state index in [0.29, 0.717) is 17.4 Å². The van der Waals surface area contributed by atoms with Gasteiger partial charge in [-0.2, -0.15) is 0 Å². The second kappa shape index (κ2) is 8.29. The maximum atomic E-state index is 6.65. The number of allylic oxidation sites excluding steroid dienone is 2. The molecule has 146 valence electrons. The number of hydrogen-bond donors (Lipinski definition) is 0. The van der Waals surface area contributed by atoms with Crippen LogP contribution in [0.25, 0.3) is 0 Å². The highest BCUT2D eigenvalue weighted by atomic mass is 28.4. The van der Waals surface area contributed by atoms with Crippen molar-refractivity contribution >= 4 is 8.32 Å². The van der Waals surface area contributed by atoms with Gasteiger partial charge in [0.1, 0.15) is 0 Å². The van der Waals surface area contributed by atoms with Gasteiger partial charge in [-0.15, -0.1) is 0 Å². The minimum absolute atomic E-state index is 0.492. The van der Waals surface area contributed by atoms with Crippen molar-refractivity contribution in [2.24, 2.45) is 35.0 Å². The van der Waals surface area contributed by atoms with E-state index < -0.39 is 8.32 Å². The van der Waals surface area contributed by atoms with Crippen molar-refractivity contribution < 1.29 is 4.43 Å². The minimum atomic E-state index is -1.45. The van der Waals surface area contributed by atoms with Gasteiger partial charge in [-0.25, -0.2) is 0 Å². The van der Waals surface area contributed by atoms with Crippen LogP contribution in [-0.4, -0.2) is 14.4 Å². The molecule has 0 spiro atoms. The highest BCUT2D eigenvalue weighted by Crippen LogP contribution is 2.58. The molecule has 0 saturated heterocycles. The van der Waals surface area contributed by atoms with Crippen LogP contribution in [0.2, 0.25) is 19.6 Å². The van der Waals surface area contributed by atoms with Crippen molar-refractivity contribution in [1.82, 2.24) is 0 Å². The molecule has 2 fully saturated rings. The lowest BCUT2D eigenvalue weighted by molar-refractivity contribution is -0.0135. The minimum Gasteiger partial charge on any atom is -0.414 e. The van der Waals surface area contributed by atoms with E-state index in [9.17, 15) is 0 Å². The normalized spacial score (nSPS) is 36.0. The lowest BCUT2D eigenvalue weighted by atomic mass is 9.62. The lowest BCUT2D eigenvalue weighted by Gasteiger charge is -2.47. The van der Waals surface area contributed by atoms with Crippen LogP contribution in [0.4, 0.5) is 0 Å². The van der Waals surface area contributed by atoms with Crippen LogP contribution in [0.15, 0.2) is 12.2 Å². The summed E-state index contributed by atoms with van der Waals surface area (Å²) < 4.78 is 6.65. The summed E-state index contributed by atoms with van der Waals surface area (Å²) >= 11 is 0. The maximum absolute atomic E-state index is 6.65. The van der Waals surface area contributed by atoms with Crippen molar-refractivity contribution in [2.45, 2.75) is 98.9 Å². The quantitative estimate of drug-likeness (QED) is 0.340. The Bertz CT molecular complexity index is 449. The molecule has 0 N–H and O–H groups in total. The number of rotatable bonds is 7. The lowest BCUT2D eigenvalue weighted by Crippen LogP contribution is -2.46. The summed E-state index contributed by atoms with van der Waals surface area (Å²) in [5.41, 5.74) is 0.492. The zero-order chi connectivity index (χ0) is 18.8. The Kier molecular flexibility index (Phi) is 7.04. The molecule has 0 heterocycles. The van der Waals surface area contributed by atoms with E-state index in [1.54, 1.807) is 0 Å². The van der Waals surface area contributed by atoms with Gasteiger partial charge in [0.25, 0.3) is 0 Å². The molecule has 2 aliphatic rings. The molecule has 1 nitrogen and oxygen atoms in total. The molecule has 2 heteroatoms. The first-order chi connectivity index (χ1) is 11.6. The summed E-state index contributed by atoms with van der Waals surface area (Å²) in [6.45, 7) is 19.2. The summed E-state index contributed by atoms with van der Waals surface area (Å²) in [6, 6.07) is 0. The van der Waals surface area contributed by atoms with E-state index >= 15 is 0 Å². The van der Waals surface area contributed by atoms with Gasteiger partial charge in [-0.05, 0) is 86.7 Å². The van der Waals surface area contributed by atoms with Gasteiger partial charge >= 0.3 is 0 Å². The first-order valence-corrected chi connectivity index (χ1v) is 14.4. The average Bonchev–Trinajstić information content (AvgIpc) is 2.84. The van der Waals surface area contributed by atoms with Crippen molar-refractivity contribution in [1.29, 1.82) is 0 Å². The zero-order valence-electron chi connectivity index (χ0n) is 18.3. The van der Waals surface area contributed by atoms with Gasteiger partial charge < -0.3 is 4.43 Å². The van der Waals surface area contributed by atoms with Gasteiger partial charge in [0, 0.05) is 6.10 Å². The van der Waals surface area contributed by atoms with Crippen molar-refractivity contribution in [2.75, 3.05) is 0 Å². The molecule has 25 heavy (non-hydrogen) atoms. The summed E-state index contributed by atoms with van der Waals surface area (Å²) in [7, 11) is -1.45. The number of hydrogen-bond acceptors (Lipinski definition) is 1. The molecule has 2 rings (SSSR count). The second-order valence-electron chi connectivity index (χ2n) is 10.5. The topological polar surface area (TPSA) is 9.23 Å². The molecule has 0 radical (unpaired) electrons. The monoisotopic (exact) mass is 364 g/mol. The van der Waals surface area contributed by atoms with Crippen LogP contribution in [0, 0.1) is 35.0 Å². The molecule has 0 aromatic heterocycles. The predicted octanol–water partition coefficient (Wildman–Crippen LogP) is 7.30. The van der Waals surface area contributed by atoms with Gasteiger partial charge in [0.05, 0.1) is 0 Å². The third-order valence-corrected chi connectivity index (χ3v) is 8.27. The Labute approximate surface area is 159 Å². The summed E-state index contributed by atoms with van der Waals surface area (Å²) in [5, 5.41) is 0. The van der Waals surface area contributed by atoms with Gasteiger partial charge in [0.2, 0.25) is 0 Å². The van der Waals surface area contributed by atoms with E-state index in [1.165, 1.54) is 38.5 Å². The van der Waals surface area contributed by atoms with Crippen molar-refractivity contribution in [3.63, 3.8) is 0 Å². The smallest absolute Gasteiger partial charge is 0.184 e. The largest absolute Gasteiger partial charge is 0.414 e. The van der Waals surface area contributed by atoms with Crippen LogP contribution >= 0.6 is 0 Å². The standard InChI is InChI=1S/C23H44OSi/c1-9-19(17(2)3)13-12-18(4)20-14-15-21-22(24-25(6,7)8)11-10-16-23(20,21)5/h12-13,17-22H,9-11,14-16H2,1-8H3/b13-12+/t18-,19-,20-,21+,22+,23-/m1/s1. The van der Waals surface area contributed by atoms with Gasteiger partial charge in [-0.1, -0.05) is 53.2 Å². The third-order valence-electron chi connectivity index (χ3n) is 7.26. The Morgan fingerprint density at radius 1 is 1.08 bits per heavy atom. The molecule has 0 aliphatic heterocycles. The van der Waals surface area contributed by atoms with Crippen LogP contribution in [-0.2, 0) is 4.43 Å². The summed E-state index contributed by atoms with van der Waals surface area (Å²) in [6.07, 6.45) is 13.7. The Balaban J connectivity index is 2.10. The Morgan fingerprint density at radius 2 is 1.76 bits per heavy atom. The van der Waals surface area contributed by atoms with E-state index in [0.717, 1.165) is 23.7 Å². The predicted molar refractivity (Wildman–Crippen MR) is 113 cm³/mol. The Morgan fingerprint density at radius 3 is 2.32 bits per heavy atom. The number of fused-ring (bicyclic) bond motifs is 1. The maximum Gasteiger partial charge on any atom is 0.184 e. The van der Waals surface area contributed by atoms with Crippen molar-refractivity contribution in [3.8, 4) is 0 Å². The highest BCUT2D eigenvalue weighted by Gasteiger charge is 2.53. The van der Waals surface area contributed by atoms with Crippen LogP contribution in [0.1, 0.15) is 73.1 Å². The average molecular weight is 365 g/mol. The van der Waals surface area contributed by atoms with Crippen molar-refractivity contribution in [3.05, 3.63) is 12.2 Å². The van der Waals surface area contributed by atoms with Crippen LogP contribution in [0.5, 0.6) is 0 Å². The fraction of sp³-hybridized carbons (Fsp3) is 0.913. The molecular weight excluding hydrogens is 320 g/mol. The van der Waals surface area contributed by atoms with E-state index in [4.69, 9.17) is 4.43 Å². The Hall–Kier alpha value is -0.0831. The summed E-state index contributed by atoms with van der Waals surface area (Å²) in [5.74, 6) is 3.83. The first kappa shape index (κ1) is 21.2. The van der Waals surface area contributed by atoms with Gasteiger partial charge in [0.15, 0.2) is 8.32 Å². The molecular formula is C23H44OSi. The van der Waals surface area contributed by atoms with E-state index in [1.807, 2.05) is 0 Å². The molecule has 0 bridgehead atoms. The molecule has 0 aromatic rings. The molecule has 2 saturated carbocycles. The zero-order valence-corrected chi connectivity index (χ0v) is 19.3. The van der Waals surface area contributed by atoms with E-state index in [-0.39, 0.29) is 0 Å². The third kappa shape index (κ3) is 5.00. The SMILES string of the molecule is CC[C@H](/C=C/[C@@H](C)[C@H]1CC[C@H]2[C@@H](O[Si](C)(C)C)CCC[C@]12C)C(C)C. The van der Waals surface area contributed by atoms with E-state index in [2.05, 4.69) is 66.4 Å². The molecule has 0 amide bonds. The highest BCUT2D eigenvalue weighted by molar-refractivity contribution is 6.69. The fourth-order valence-corrected chi connectivity index (χ4v) is 7.09. The molecule has 0 aromatic carbocycles. The fourth-order valence-electron chi connectivity index (χ4n) is 5.90. The summed E-state index contributed by atoms with van der Waals surface area (Å²) in [4.78, 5) is 0. The second-order valence-corrected chi connectivity index (χ2v) is 15.0.